The van der Waals surface area contributed by atoms with E-state index >= 15 is 0 Å². The van der Waals surface area contributed by atoms with Crippen molar-refractivity contribution in [1.82, 2.24) is 10.2 Å². The van der Waals surface area contributed by atoms with Crippen LogP contribution in [0.2, 0.25) is 0 Å². The molecule has 0 spiro atoms. The molecule has 1 heterocycles. The average molecular weight is 315 g/mol. The van der Waals surface area contributed by atoms with Crippen molar-refractivity contribution in [3.63, 3.8) is 0 Å². The monoisotopic (exact) mass is 314 g/mol. The second-order valence-corrected chi connectivity index (χ2v) is 5.51. The largest absolute Gasteiger partial charge is 0.462 e. The van der Waals surface area contributed by atoms with E-state index in [0.29, 0.717) is 11.9 Å². The second-order valence-electron chi connectivity index (χ2n) is 4.60. The first-order chi connectivity index (χ1) is 8.33. The number of hydrogen-bond donors (Lipinski definition) is 2. The van der Waals surface area contributed by atoms with E-state index < -0.39 is 0 Å². The maximum atomic E-state index is 11.0. The summed E-state index contributed by atoms with van der Waals surface area (Å²) in [6, 6.07) is 5.51. The third-order valence-electron chi connectivity index (χ3n) is 1.94. The van der Waals surface area contributed by atoms with Crippen LogP contribution in [0.3, 0.4) is 0 Å². The van der Waals surface area contributed by atoms with Gasteiger partial charge in [-0.15, -0.1) is 0 Å². The lowest BCUT2D eigenvalue weighted by molar-refractivity contribution is -0.138. The first kappa shape index (κ1) is 14.5. The summed E-state index contributed by atoms with van der Waals surface area (Å²) in [5.41, 5.74) is 0.432. The number of carbonyl (C=O) groups excluding carboxylic acids is 1. The van der Waals surface area contributed by atoms with Gasteiger partial charge >= 0.3 is 0 Å². The van der Waals surface area contributed by atoms with Crippen LogP contribution in [-0.2, 0) is 9.53 Å². The number of aromatic amines is 2. The minimum absolute atomic E-state index is 0.0821. The number of aromatic nitrogens is 2. The third-order valence-corrected chi connectivity index (χ3v) is 2.43. The number of ether oxygens (including phenoxy) is 1. The molecule has 0 atom stereocenters. The summed E-state index contributed by atoms with van der Waals surface area (Å²) in [6.07, 6.45) is 0. The highest BCUT2D eigenvalue weighted by Crippen LogP contribution is 2.14. The lowest BCUT2D eigenvalue weighted by Gasteiger charge is -2.14. The van der Waals surface area contributed by atoms with E-state index in [1.165, 1.54) is 0 Å². The third kappa shape index (κ3) is 4.37. The lowest BCUT2D eigenvalue weighted by Crippen LogP contribution is -2.17. The van der Waals surface area contributed by atoms with Crippen LogP contribution in [-0.4, -0.2) is 22.3 Å². The van der Waals surface area contributed by atoms with E-state index in [2.05, 4.69) is 30.9 Å². The van der Waals surface area contributed by atoms with Gasteiger partial charge in [-0.1, -0.05) is 15.9 Å². The Labute approximate surface area is 113 Å². The lowest BCUT2D eigenvalue weighted by atomic mass is 10.2. The Morgan fingerprint density at radius 2 is 1.94 bits per heavy atom. The highest BCUT2D eigenvalue weighted by molar-refractivity contribution is 9.10. The first-order valence-corrected chi connectivity index (χ1v) is 6.10. The van der Waals surface area contributed by atoms with Crippen LogP contribution in [0.4, 0.5) is 0 Å². The summed E-state index contributed by atoms with van der Waals surface area (Å²) in [7, 11) is 0. The van der Waals surface area contributed by atoms with Gasteiger partial charge in [-0.25, -0.2) is 0 Å². The predicted octanol–water partition coefficient (Wildman–Crippen LogP) is 2.58. The number of hydrogen-bond acceptors (Lipinski definition) is 3. The van der Waals surface area contributed by atoms with Crippen molar-refractivity contribution in [3.8, 4) is 0 Å². The SMILES string of the molecule is CC(C)(C)OC=O.O=c1[nH][nH]c2ccc(Br)cc12. The zero-order valence-electron chi connectivity index (χ0n) is 10.4. The van der Waals surface area contributed by atoms with Crippen LogP contribution in [0, 0.1) is 0 Å². The second kappa shape index (κ2) is 5.86. The minimum atomic E-state index is -0.318. The molecule has 1 aromatic heterocycles. The van der Waals surface area contributed by atoms with Crippen molar-refractivity contribution in [2.45, 2.75) is 26.4 Å². The number of rotatable bonds is 1. The van der Waals surface area contributed by atoms with Crippen LogP contribution in [0.15, 0.2) is 27.5 Å². The van der Waals surface area contributed by atoms with Crippen molar-refractivity contribution in [2.24, 2.45) is 0 Å². The predicted molar refractivity (Wildman–Crippen MR) is 73.5 cm³/mol. The van der Waals surface area contributed by atoms with Crippen molar-refractivity contribution in [2.75, 3.05) is 0 Å². The maximum Gasteiger partial charge on any atom is 0.293 e. The van der Waals surface area contributed by atoms with E-state index in [9.17, 15) is 9.59 Å². The highest BCUT2D eigenvalue weighted by atomic mass is 79.9. The Bertz CT molecular complexity index is 581. The number of nitrogens with one attached hydrogen (secondary N) is 2. The molecule has 5 nitrogen and oxygen atoms in total. The topological polar surface area (TPSA) is 75.0 Å². The Morgan fingerprint density at radius 1 is 1.28 bits per heavy atom. The summed E-state index contributed by atoms with van der Waals surface area (Å²) in [6.45, 7) is 5.92. The van der Waals surface area contributed by atoms with Crippen LogP contribution >= 0.6 is 15.9 Å². The zero-order chi connectivity index (χ0) is 13.8. The van der Waals surface area contributed by atoms with Gasteiger partial charge in [0.2, 0.25) is 0 Å². The minimum Gasteiger partial charge on any atom is -0.462 e. The normalized spacial score (nSPS) is 10.7. The molecule has 0 fully saturated rings. The molecular weight excluding hydrogens is 300 g/mol. The molecule has 6 heteroatoms. The summed E-state index contributed by atoms with van der Waals surface area (Å²) in [5.74, 6) is 0. The van der Waals surface area contributed by atoms with Crippen LogP contribution in [0.25, 0.3) is 10.9 Å². The smallest absolute Gasteiger partial charge is 0.293 e. The molecule has 2 aromatic rings. The fraction of sp³-hybridized carbons (Fsp3) is 0.333. The molecule has 2 N–H and O–H groups in total. The standard InChI is InChI=1S/C7H5BrN2O.C5H10O2/c8-4-1-2-6-5(3-4)7(11)10-9-6;1-5(2,3)7-4-6/h1-3H,(H2,9,10,11);4H,1-3H3. The van der Waals surface area contributed by atoms with Crippen molar-refractivity contribution in [1.29, 1.82) is 0 Å². The molecular formula is C12H15BrN2O3. The van der Waals surface area contributed by atoms with E-state index in [-0.39, 0.29) is 11.2 Å². The zero-order valence-corrected chi connectivity index (χ0v) is 12.0. The van der Waals surface area contributed by atoms with Gasteiger partial charge in [0.15, 0.2) is 0 Å². The van der Waals surface area contributed by atoms with Gasteiger partial charge in [-0.05, 0) is 39.0 Å². The molecule has 0 aliphatic heterocycles. The molecule has 0 saturated carbocycles. The Balaban J connectivity index is 0.000000203. The fourth-order valence-electron chi connectivity index (χ4n) is 1.15. The molecule has 0 radical (unpaired) electrons. The van der Waals surface area contributed by atoms with E-state index in [0.717, 1.165) is 9.99 Å². The molecule has 0 aliphatic rings. The van der Waals surface area contributed by atoms with Crippen LogP contribution < -0.4 is 5.56 Å². The quantitative estimate of drug-likeness (QED) is 0.794. The van der Waals surface area contributed by atoms with Gasteiger partial charge in [0.1, 0.15) is 5.60 Å². The summed E-state index contributed by atoms with van der Waals surface area (Å²) < 4.78 is 5.46. The van der Waals surface area contributed by atoms with E-state index in [4.69, 9.17) is 0 Å². The van der Waals surface area contributed by atoms with Crippen molar-refractivity contribution in [3.05, 3.63) is 33.0 Å². The number of benzene rings is 1. The number of halogens is 1. The fourth-order valence-corrected chi connectivity index (χ4v) is 1.51. The van der Waals surface area contributed by atoms with Gasteiger partial charge in [0.05, 0.1) is 10.9 Å². The van der Waals surface area contributed by atoms with Gasteiger partial charge in [-0.2, -0.15) is 0 Å². The molecule has 0 saturated heterocycles. The molecule has 0 unspecified atom stereocenters. The highest BCUT2D eigenvalue weighted by Gasteiger charge is 2.07. The Hall–Kier alpha value is -1.56. The van der Waals surface area contributed by atoms with E-state index in [1.807, 2.05) is 32.9 Å². The molecule has 0 aliphatic carbocycles. The van der Waals surface area contributed by atoms with Crippen LogP contribution in [0.5, 0.6) is 0 Å². The molecule has 18 heavy (non-hydrogen) atoms. The van der Waals surface area contributed by atoms with Gasteiger partial charge in [0.25, 0.3) is 12.0 Å². The molecule has 0 bridgehead atoms. The Morgan fingerprint density at radius 3 is 2.44 bits per heavy atom. The maximum absolute atomic E-state index is 11.0. The summed E-state index contributed by atoms with van der Waals surface area (Å²) in [4.78, 5) is 20.6. The van der Waals surface area contributed by atoms with Gasteiger partial charge < -0.3 is 4.74 Å². The molecule has 98 valence electrons. The number of carbonyl (C=O) groups is 1. The van der Waals surface area contributed by atoms with E-state index in [1.54, 1.807) is 6.07 Å². The van der Waals surface area contributed by atoms with Gasteiger partial charge in [0, 0.05) is 4.47 Å². The summed E-state index contributed by atoms with van der Waals surface area (Å²) >= 11 is 3.28. The Kier molecular flexibility index (Phi) is 4.72. The molecule has 0 amide bonds. The average Bonchev–Trinajstić information content (AvgIpc) is 2.59. The number of H-pyrrole nitrogens is 2. The summed E-state index contributed by atoms with van der Waals surface area (Å²) in [5, 5.41) is 5.94. The first-order valence-electron chi connectivity index (χ1n) is 5.31. The van der Waals surface area contributed by atoms with Crippen LogP contribution in [0.1, 0.15) is 20.8 Å². The van der Waals surface area contributed by atoms with Gasteiger partial charge in [-0.3, -0.25) is 19.8 Å². The number of fused-ring (bicyclic) bond motifs is 1. The molecule has 1 aromatic carbocycles. The van der Waals surface area contributed by atoms with Crippen molar-refractivity contribution >= 4 is 33.3 Å². The molecule has 2 rings (SSSR count). The van der Waals surface area contributed by atoms with Crippen molar-refractivity contribution < 1.29 is 9.53 Å².